The van der Waals surface area contributed by atoms with Crippen molar-refractivity contribution in [3.05, 3.63) is 169 Å². The maximum absolute atomic E-state index is 2.53. The highest BCUT2D eigenvalue weighted by Gasteiger charge is 2.28. The van der Waals surface area contributed by atoms with Gasteiger partial charge in [0.1, 0.15) is 0 Å². The molecule has 0 saturated carbocycles. The number of hydrogen-bond donors (Lipinski definition) is 0. The Hall–Kier alpha value is -5.86. The fourth-order valence-electron chi connectivity index (χ4n) is 7.65. The van der Waals surface area contributed by atoms with Crippen molar-refractivity contribution in [1.29, 1.82) is 0 Å². The lowest BCUT2D eigenvalue weighted by Crippen LogP contribution is -2.11. The molecule has 0 unspecified atom stereocenters. The fraction of sp³-hybridized carbons (Fsp3) is 0.0455. The van der Waals surface area contributed by atoms with Crippen LogP contribution in [-0.2, 0) is 0 Å². The van der Waals surface area contributed by atoms with E-state index in [4.69, 9.17) is 0 Å². The summed E-state index contributed by atoms with van der Waals surface area (Å²) in [5.74, 6) is 0. The van der Waals surface area contributed by atoms with Gasteiger partial charge in [-0.15, -0.1) is 0 Å². The lowest BCUT2D eigenvalue weighted by Gasteiger charge is -2.28. The largest absolute Gasteiger partial charge is 0.307 e. The van der Waals surface area contributed by atoms with Crippen LogP contribution in [0.25, 0.3) is 77.2 Å². The monoisotopic (exact) mass is 588 g/mol. The molecule has 2 nitrogen and oxygen atoms in total. The Morgan fingerprint density at radius 3 is 0.870 bits per heavy atom. The highest BCUT2D eigenvalue weighted by atomic mass is 15.1. The minimum Gasteiger partial charge on any atom is -0.307 e. The summed E-state index contributed by atoms with van der Waals surface area (Å²) in [4.78, 5) is 0. The summed E-state index contributed by atoms with van der Waals surface area (Å²) in [5, 5.41) is 5.02. The van der Waals surface area contributed by atoms with E-state index in [1.807, 2.05) is 0 Å². The fourth-order valence-corrected chi connectivity index (χ4v) is 7.65. The molecule has 9 rings (SSSR count). The van der Waals surface area contributed by atoms with E-state index in [1.165, 1.54) is 88.4 Å². The summed E-state index contributed by atoms with van der Waals surface area (Å²) in [6.07, 6.45) is 0. The summed E-state index contributed by atoms with van der Waals surface area (Å²) in [6.45, 7) is 4.61. The van der Waals surface area contributed by atoms with Crippen LogP contribution in [0, 0.1) is 13.8 Å². The Morgan fingerprint density at radius 1 is 0.304 bits per heavy atom. The summed E-state index contributed by atoms with van der Waals surface area (Å²) < 4.78 is 5.06. The number of fused-ring (bicyclic) bond motifs is 6. The van der Waals surface area contributed by atoms with Crippen LogP contribution in [0.3, 0.4) is 0 Å². The number of rotatable bonds is 4. The first-order valence-corrected chi connectivity index (χ1v) is 16.0. The second-order valence-corrected chi connectivity index (χ2v) is 12.2. The first-order chi connectivity index (χ1) is 22.7. The van der Waals surface area contributed by atoms with Gasteiger partial charge in [-0.25, -0.2) is 0 Å². The van der Waals surface area contributed by atoms with Gasteiger partial charge in [-0.2, -0.15) is 0 Å². The van der Waals surface area contributed by atoms with Gasteiger partial charge in [-0.1, -0.05) is 133 Å². The molecule has 9 aromatic rings. The summed E-state index contributed by atoms with van der Waals surface area (Å²) in [7, 11) is 0. The van der Waals surface area contributed by atoms with Crippen LogP contribution in [0.5, 0.6) is 0 Å². The molecule has 0 aliphatic carbocycles. The van der Waals surface area contributed by atoms with E-state index < -0.39 is 0 Å². The quantitative estimate of drug-likeness (QED) is 0.194. The van der Waals surface area contributed by atoms with Crippen molar-refractivity contribution in [2.45, 2.75) is 13.8 Å². The SMILES string of the molecule is Cc1c(C)c(-c2ccccc2)c(-n2c3ccccc3c3ccccc32)c(-n2c3ccccc3c3ccccc32)c1-c1ccccc1. The first-order valence-electron chi connectivity index (χ1n) is 16.0. The lowest BCUT2D eigenvalue weighted by molar-refractivity contribution is 1.08. The van der Waals surface area contributed by atoms with E-state index in [0.29, 0.717) is 0 Å². The molecule has 0 saturated heterocycles. The van der Waals surface area contributed by atoms with Gasteiger partial charge >= 0.3 is 0 Å². The highest BCUT2D eigenvalue weighted by molar-refractivity contribution is 6.13. The molecule has 218 valence electrons. The van der Waals surface area contributed by atoms with Crippen LogP contribution >= 0.6 is 0 Å². The van der Waals surface area contributed by atoms with Gasteiger partial charge < -0.3 is 9.13 Å². The Balaban J connectivity index is 1.62. The van der Waals surface area contributed by atoms with Crippen molar-refractivity contribution in [1.82, 2.24) is 9.13 Å². The smallest absolute Gasteiger partial charge is 0.0791 e. The molecule has 0 spiro atoms. The summed E-state index contributed by atoms with van der Waals surface area (Å²) >= 11 is 0. The molecule has 2 heteroatoms. The molecule has 0 fully saturated rings. The minimum absolute atomic E-state index is 1.19. The van der Waals surface area contributed by atoms with Gasteiger partial charge in [0.25, 0.3) is 0 Å². The van der Waals surface area contributed by atoms with Crippen LogP contribution < -0.4 is 0 Å². The number of aromatic nitrogens is 2. The van der Waals surface area contributed by atoms with Gasteiger partial charge in [0.2, 0.25) is 0 Å². The third kappa shape index (κ3) is 3.77. The Morgan fingerprint density at radius 2 is 0.565 bits per heavy atom. The number of hydrogen-bond acceptors (Lipinski definition) is 0. The zero-order valence-corrected chi connectivity index (χ0v) is 25.9. The predicted octanol–water partition coefficient (Wildman–Crippen LogP) is 11.8. The Labute approximate surface area is 268 Å². The molecule has 0 amide bonds. The van der Waals surface area contributed by atoms with Crippen molar-refractivity contribution in [3.63, 3.8) is 0 Å². The van der Waals surface area contributed by atoms with Crippen molar-refractivity contribution < 1.29 is 0 Å². The number of nitrogens with zero attached hydrogens (tertiary/aromatic N) is 2. The molecule has 0 aliphatic heterocycles. The summed E-state index contributed by atoms with van der Waals surface area (Å²) in [5.41, 5.74) is 14.7. The van der Waals surface area contributed by atoms with E-state index in [9.17, 15) is 0 Å². The maximum atomic E-state index is 2.53. The molecular formula is C44H32N2. The molecule has 0 bridgehead atoms. The Bertz CT molecular complexity index is 2300. The van der Waals surface area contributed by atoms with Gasteiger partial charge in [-0.05, 0) is 60.4 Å². The highest BCUT2D eigenvalue weighted by Crippen LogP contribution is 2.48. The van der Waals surface area contributed by atoms with Crippen molar-refractivity contribution in [3.8, 4) is 33.6 Å². The average Bonchev–Trinajstić information content (AvgIpc) is 3.63. The predicted molar refractivity (Wildman–Crippen MR) is 195 cm³/mol. The van der Waals surface area contributed by atoms with Crippen LogP contribution in [0.15, 0.2) is 158 Å². The first kappa shape index (κ1) is 26.5. The van der Waals surface area contributed by atoms with Gasteiger partial charge in [0, 0.05) is 32.7 Å². The molecule has 0 radical (unpaired) electrons. The molecule has 7 aromatic carbocycles. The van der Waals surface area contributed by atoms with Crippen LogP contribution in [-0.4, -0.2) is 9.13 Å². The normalized spacial score (nSPS) is 11.7. The molecule has 0 atom stereocenters. The standard InChI is InChI=1S/C44H32N2/c1-29-30(2)42(32-19-7-4-8-20-32)44(46-39-27-15-11-23-35(39)36-24-12-16-28-40(36)46)43(41(29)31-17-5-3-6-18-31)45-37-25-13-9-21-33(37)34-22-10-14-26-38(34)45/h3-28H,1-2H3. The van der Waals surface area contributed by atoms with E-state index in [1.54, 1.807) is 0 Å². The second kappa shape index (κ2) is 10.4. The topological polar surface area (TPSA) is 9.86 Å². The van der Waals surface area contributed by atoms with Crippen LogP contribution in [0.4, 0.5) is 0 Å². The third-order valence-electron chi connectivity index (χ3n) is 9.74. The van der Waals surface area contributed by atoms with E-state index >= 15 is 0 Å². The Kier molecular flexibility index (Phi) is 5.97. The van der Waals surface area contributed by atoms with Crippen LogP contribution in [0.1, 0.15) is 11.1 Å². The van der Waals surface area contributed by atoms with Crippen molar-refractivity contribution in [2.24, 2.45) is 0 Å². The number of benzene rings is 7. The lowest BCUT2D eigenvalue weighted by atomic mass is 9.86. The second-order valence-electron chi connectivity index (χ2n) is 12.2. The van der Waals surface area contributed by atoms with Gasteiger partial charge in [0.15, 0.2) is 0 Å². The van der Waals surface area contributed by atoms with E-state index in [-0.39, 0.29) is 0 Å². The minimum atomic E-state index is 1.19. The zero-order valence-electron chi connectivity index (χ0n) is 25.9. The molecule has 46 heavy (non-hydrogen) atoms. The van der Waals surface area contributed by atoms with Crippen LogP contribution in [0.2, 0.25) is 0 Å². The molecule has 2 aromatic heterocycles. The third-order valence-corrected chi connectivity index (χ3v) is 9.74. The number of para-hydroxylation sites is 4. The molecule has 0 N–H and O–H groups in total. The van der Waals surface area contributed by atoms with E-state index in [2.05, 4.69) is 181 Å². The van der Waals surface area contributed by atoms with E-state index in [0.717, 1.165) is 0 Å². The van der Waals surface area contributed by atoms with Gasteiger partial charge in [0.05, 0.1) is 33.4 Å². The zero-order chi connectivity index (χ0) is 30.8. The van der Waals surface area contributed by atoms with Crippen molar-refractivity contribution >= 4 is 43.6 Å². The van der Waals surface area contributed by atoms with Gasteiger partial charge in [-0.3, -0.25) is 0 Å². The molecule has 0 aliphatic rings. The van der Waals surface area contributed by atoms with Crippen molar-refractivity contribution in [2.75, 3.05) is 0 Å². The average molecular weight is 589 g/mol. The summed E-state index contributed by atoms with van der Waals surface area (Å²) in [6, 6.07) is 57.3. The molecule has 2 heterocycles. The molecular weight excluding hydrogens is 556 g/mol. The maximum Gasteiger partial charge on any atom is 0.0791 e.